The number of carbonyl (C=O) groups is 1. The van der Waals surface area contributed by atoms with Crippen molar-refractivity contribution in [2.24, 2.45) is 11.1 Å². The summed E-state index contributed by atoms with van der Waals surface area (Å²) in [5, 5.41) is 0. The predicted molar refractivity (Wildman–Crippen MR) is 106 cm³/mol. The number of aromatic nitrogens is 2. The highest BCUT2D eigenvalue weighted by Crippen LogP contribution is 2.40. The quantitative estimate of drug-likeness (QED) is 0.900. The average molecular weight is 365 g/mol. The maximum atomic E-state index is 11.4. The van der Waals surface area contributed by atoms with E-state index >= 15 is 0 Å². The molecule has 1 aromatic heterocycles. The Labute approximate surface area is 160 Å². The second-order valence-corrected chi connectivity index (χ2v) is 8.10. The molecule has 2 aliphatic heterocycles. The van der Waals surface area contributed by atoms with E-state index in [4.69, 9.17) is 5.73 Å². The van der Waals surface area contributed by atoms with Gasteiger partial charge >= 0.3 is 0 Å². The topological polar surface area (TPSA) is 75.3 Å². The minimum atomic E-state index is -0.528. The standard InChI is InChI=1S/C21H27N5O/c1-16-4-2-5-17(10-16)13-25-8-3-6-21(14-25)7-9-26(15-21)19-12-23-11-18(24-19)20(22)27/h2,4-5,10-12H,3,6-9,13-15H2,1H3,(H2,22,27)/t21-/m1/s1. The van der Waals surface area contributed by atoms with Crippen LogP contribution in [0.2, 0.25) is 0 Å². The van der Waals surface area contributed by atoms with E-state index in [0.29, 0.717) is 5.41 Å². The molecular formula is C21H27N5O. The number of hydrogen-bond acceptors (Lipinski definition) is 5. The fourth-order valence-electron chi connectivity index (χ4n) is 4.60. The van der Waals surface area contributed by atoms with Gasteiger partial charge in [-0.15, -0.1) is 0 Å². The molecule has 0 saturated carbocycles. The summed E-state index contributed by atoms with van der Waals surface area (Å²) in [4.78, 5) is 24.8. The number of aryl methyl sites for hydroxylation is 1. The van der Waals surface area contributed by atoms with E-state index in [1.807, 2.05) is 0 Å². The molecule has 142 valence electrons. The second-order valence-electron chi connectivity index (χ2n) is 8.10. The maximum Gasteiger partial charge on any atom is 0.268 e. The number of anilines is 1. The lowest BCUT2D eigenvalue weighted by Gasteiger charge is -2.40. The fourth-order valence-corrected chi connectivity index (χ4v) is 4.60. The first-order chi connectivity index (χ1) is 13.0. The largest absolute Gasteiger partial charge is 0.364 e. The molecule has 0 unspecified atom stereocenters. The zero-order valence-corrected chi connectivity index (χ0v) is 15.9. The van der Waals surface area contributed by atoms with Crippen molar-refractivity contribution < 1.29 is 4.79 Å². The Morgan fingerprint density at radius 2 is 2.11 bits per heavy atom. The summed E-state index contributed by atoms with van der Waals surface area (Å²) in [5.41, 5.74) is 8.59. The highest BCUT2D eigenvalue weighted by molar-refractivity contribution is 5.90. The van der Waals surface area contributed by atoms with Crippen molar-refractivity contribution in [2.45, 2.75) is 32.7 Å². The third-order valence-electron chi connectivity index (χ3n) is 5.87. The second kappa shape index (κ2) is 7.27. The first-order valence-electron chi connectivity index (χ1n) is 9.68. The van der Waals surface area contributed by atoms with Crippen LogP contribution in [-0.2, 0) is 6.54 Å². The normalized spacial score (nSPS) is 23.1. The molecule has 1 aromatic carbocycles. The van der Waals surface area contributed by atoms with Gasteiger partial charge in [-0.3, -0.25) is 14.7 Å². The van der Waals surface area contributed by atoms with Gasteiger partial charge in [0.25, 0.3) is 5.91 Å². The van der Waals surface area contributed by atoms with Crippen LogP contribution in [-0.4, -0.2) is 47.0 Å². The third-order valence-corrected chi connectivity index (χ3v) is 5.87. The molecule has 4 rings (SSSR count). The molecule has 2 saturated heterocycles. The highest BCUT2D eigenvalue weighted by atomic mass is 16.1. The van der Waals surface area contributed by atoms with Crippen molar-refractivity contribution in [3.8, 4) is 0 Å². The van der Waals surface area contributed by atoms with Gasteiger partial charge in [0.15, 0.2) is 0 Å². The van der Waals surface area contributed by atoms with Crippen LogP contribution in [0.1, 0.15) is 40.9 Å². The number of benzene rings is 1. The molecule has 1 atom stereocenters. The maximum absolute atomic E-state index is 11.4. The van der Waals surface area contributed by atoms with Crippen LogP contribution in [0, 0.1) is 12.3 Å². The predicted octanol–water partition coefficient (Wildman–Crippen LogP) is 2.38. The number of primary amides is 1. The summed E-state index contributed by atoms with van der Waals surface area (Å²) in [6, 6.07) is 8.80. The SMILES string of the molecule is Cc1cccc(CN2CCC[C@@]3(CCN(c4cncc(C(N)=O)n4)C3)C2)c1. The van der Waals surface area contributed by atoms with E-state index in [0.717, 1.165) is 45.0 Å². The van der Waals surface area contributed by atoms with Gasteiger partial charge in [0.05, 0.1) is 12.4 Å². The lowest BCUT2D eigenvalue weighted by Crippen LogP contribution is -2.44. The lowest BCUT2D eigenvalue weighted by molar-refractivity contribution is 0.0991. The van der Waals surface area contributed by atoms with Crippen molar-refractivity contribution in [1.82, 2.24) is 14.9 Å². The summed E-state index contributed by atoms with van der Waals surface area (Å²) < 4.78 is 0. The van der Waals surface area contributed by atoms with Crippen LogP contribution < -0.4 is 10.6 Å². The van der Waals surface area contributed by atoms with Crippen molar-refractivity contribution in [2.75, 3.05) is 31.1 Å². The first kappa shape index (κ1) is 17.9. The van der Waals surface area contributed by atoms with Gasteiger partial charge in [0, 0.05) is 31.6 Å². The zero-order valence-electron chi connectivity index (χ0n) is 15.9. The van der Waals surface area contributed by atoms with E-state index < -0.39 is 5.91 Å². The van der Waals surface area contributed by atoms with E-state index in [1.165, 1.54) is 30.2 Å². The molecule has 3 heterocycles. The van der Waals surface area contributed by atoms with Crippen molar-refractivity contribution in [1.29, 1.82) is 0 Å². The average Bonchev–Trinajstić information content (AvgIpc) is 3.05. The molecule has 1 amide bonds. The number of piperidine rings is 1. The van der Waals surface area contributed by atoms with E-state index in [1.54, 1.807) is 6.20 Å². The Kier molecular flexibility index (Phi) is 4.83. The van der Waals surface area contributed by atoms with Crippen LogP contribution in [0.3, 0.4) is 0 Å². The number of hydrogen-bond donors (Lipinski definition) is 1. The number of nitrogens with two attached hydrogens (primary N) is 1. The molecule has 0 aliphatic carbocycles. The van der Waals surface area contributed by atoms with E-state index in [2.05, 4.69) is 51.0 Å². The van der Waals surface area contributed by atoms with Crippen molar-refractivity contribution in [3.05, 3.63) is 53.5 Å². The molecule has 6 nitrogen and oxygen atoms in total. The number of rotatable bonds is 4. The van der Waals surface area contributed by atoms with Crippen molar-refractivity contribution >= 4 is 11.7 Å². The third kappa shape index (κ3) is 3.95. The summed E-state index contributed by atoms with van der Waals surface area (Å²) in [7, 11) is 0. The minimum Gasteiger partial charge on any atom is -0.364 e. The summed E-state index contributed by atoms with van der Waals surface area (Å²) in [6.07, 6.45) is 6.80. The zero-order chi connectivity index (χ0) is 18.9. The molecular weight excluding hydrogens is 338 g/mol. The Morgan fingerprint density at radius 3 is 2.93 bits per heavy atom. The molecule has 27 heavy (non-hydrogen) atoms. The molecule has 0 radical (unpaired) electrons. The van der Waals surface area contributed by atoms with Gasteiger partial charge in [-0.05, 0) is 38.3 Å². The smallest absolute Gasteiger partial charge is 0.268 e. The first-order valence-corrected chi connectivity index (χ1v) is 9.68. The molecule has 2 fully saturated rings. The Balaban J connectivity index is 1.45. The number of nitrogens with zero attached hydrogens (tertiary/aromatic N) is 4. The molecule has 2 aromatic rings. The summed E-state index contributed by atoms with van der Waals surface area (Å²) in [6.45, 7) is 7.36. The monoisotopic (exact) mass is 365 g/mol. The Hall–Kier alpha value is -2.47. The van der Waals surface area contributed by atoms with Crippen molar-refractivity contribution in [3.63, 3.8) is 0 Å². The number of amides is 1. The Bertz CT molecular complexity index is 839. The molecule has 0 bridgehead atoms. The highest BCUT2D eigenvalue weighted by Gasteiger charge is 2.41. The lowest BCUT2D eigenvalue weighted by atomic mass is 9.79. The minimum absolute atomic E-state index is 0.234. The summed E-state index contributed by atoms with van der Waals surface area (Å²) >= 11 is 0. The molecule has 6 heteroatoms. The van der Waals surface area contributed by atoms with Gasteiger partial charge in [-0.25, -0.2) is 4.98 Å². The fraction of sp³-hybridized carbons (Fsp3) is 0.476. The van der Waals surface area contributed by atoms with Gasteiger partial charge in [-0.2, -0.15) is 0 Å². The molecule has 2 N–H and O–H groups in total. The van der Waals surface area contributed by atoms with Crippen LogP contribution in [0.5, 0.6) is 0 Å². The number of likely N-dealkylation sites (tertiary alicyclic amines) is 1. The van der Waals surface area contributed by atoms with Gasteiger partial charge in [0.1, 0.15) is 11.5 Å². The van der Waals surface area contributed by atoms with Crippen LogP contribution in [0.4, 0.5) is 5.82 Å². The van der Waals surface area contributed by atoms with Crippen LogP contribution in [0.15, 0.2) is 36.7 Å². The molecule has 1 spiro atoms. The Morgan fingerprint density at radius 1 is 1.22 bits per heavy atom. The van der Waals surface area contributed by atoms with Gasteiger partial charge in [0.2, 0.25) is 0 Å². The van der Waals surface area contributed by atoms with Gasteiger partial charge in [-0.1, -0.05) is 29.8 Å². The van der Waals surface area contributed by atoms with Crippen LogP contribution >= 0.6 is 0 Å². The van der Waals surface area contributed by atoms with Gasteiger partial charge < -0.3 is 10.6 Å². The number of carbonyl (C=O) groups excluding carboxylic acids is 1. The van der Waals surface area contributed by atoms with E-state index in [9.17, 15) is 4.79 Å². The molecule has 2 aliphatic rings. The van der Waals surface area contributed by atoms with Crippen LogP contribution in [0.25, 0.3) is 0 Å². The van der Waals surface area contributed by atoms with E-state index in [-0.39, 0.29) is 5.69 Å². The summed E-state index contributed by atoms with van der Waals surface area (Å²) in [5.74, 6) is 0.235.